The highest BCUT2D eigenvalue weighted by Gasteiger charge is 2.19. The van der Waals surface area contributed by atoms with Gasteiger partial charge in [0, 0.05) is 52.7 Å². The van der Waals surface area contributed by atoms with Crippen LogP contribution in [0.2, 0.25) is 5.02 Å². The van der Waals surface area contributed by atoms with Gasteiger partial charge in [0.25, 0.3) is 5.91 Å². The predicted molar refractivity (Wildman–Crippen MR) is 157 cm³/mol. The first-order valence-electron chi connectivity index (χ1n) is 12.5. The summed E-state index contributed by atoms with van der Waals surface area (Å²) in [6, 6.07) is 11.8. The SMILES string of the molecule is Cc1ccc2c(Nc3ccc(Cl)c(CN4CCOCC4)c3)nccc2c1NC(=O)c1csc2c(N)ncnc12. The second-order valence-corrected chi connectivity index (χ2v) is 10.7. The zero-order valence-corrected chi connectivity index (χ0v) is 22.8. The molecule has 0 atom stereocenters. The summed E-state index contributed by atoms with van der Waals surface area (Å²) in [6.45, 7) is 5.95. The van der Waals surface area contributed by atoms with E-state index >= 15 is 0 Å². The number of carbonyl (C=O) groups excluding carboxylic acids is 1. The molecule has 9 nitrogen and oxygen atoms in total. The Morgan fingerprint density at radius 3 is 2.82 bits per heavy atom. The lowest BCUT2D eigenvalue weighted by Gasteiger charge is -2.27. The van der Waals surface area contributed by atoms with Crippen molar-refractivity contribution < 1.29 is 9.53 Å². The predicted octanol–water partition coefficient (Wildman–Crippen LogP) is 5.61. The zero-order chi connectivity index (χ0) is 26.9. The number of halogens is 1. The van der Waals surface area contributed by atoms with Gasteiger partial charge in [-0.15, -0.1) is 11.3 Å². The Kier molecular flexibility index (Phi) is 7.01. The van der Waals surface area contributed by atoms with Crippen molar-refractivity contribution in [2.24, 2.45) is 0 Å². The Morgan fingerprint density at radius 1 is 1.13 bits per heavy atom. The minimum absolute atomic E-state index is 0.258. The molecule has 0 bridgehead atoms. The first kappa shape index (κ1) is 25.4. The van der Waals surface area contributed by atoms with Gasteiger partial charge in [0.2, 0.25) is 0 Å². The van der Waals surface area contributed by atoms with Crippen LogP contribution in [-0.2, 0) is 11.3 Å². The molecule has 0 radical (unpaired) electrons. The molecule has 1 fully saturated rings. The first-order valence-corrected chi connectivity index (χ1v) is 13.8. The van der Waals surface area contributed by atoms with E-state index < -0.39 is 0 Å². The van der Waals surface area contributed by atoms with Gasteiger partial charge >= 0.3 is 0 Å². The summed E-state index contributed by atoms with van der Waals surface area (Å²) in [7, 11) is 0. The van der Waals surface area contributed by atoms with Crippen LogP contribution in [0.1, 0.15) is 21.5 Å². The summed E-state index contributed by atoms with van der Waals surface area (Å²) in [4.78, 5) is 28.6. The molecular weight excluding hydrogens is 534 g/mol. The molecule has 0 unspecified atom stereocenters. The minimum Gasteiger partial charge on any atom is -0.382 e. The summed E-state index contributed by atoms with van der Waals surface area (Å²) in [5, 5.41) is 10.8. The van der Waals surface area contributed by atoms with E-state index in [0.29, 0.717) is 33.1 Å². The maximum atomic E-state index is 13.3. The quantitative estimate of drug-likeness (QED) is 0.245. The average Bonchev–Trinajstić information content (AvgIpc) is 3.39. The van der Waals surface area contributed by atoms with Gasteiger partial charge in [-0.1, -0.05) is 23.7 Å². The highest BCUT2D eigenvalue weighted by atomic mass is 35.5. The van der Waals surface area contributed by atoms with E-state index in [4.69, 9.17) is 22.1 Å². The molecule has 2 aromatic carbocycles. The van der Waals surface area contributed by atoms with E-state index in [0.717, 1.165) is 65.5 Å². The smallest absolute Gasteiger partial charge is 0.258 e. The summed E-state index contributed by atoms with van der Waals surface area (Å²) in [5.41, 5.74) is 10.5. The summed E-state index contributed by atoms with van der Waals surface area (Å²) < 4.78 is 6.16. The van der Waals surface area contributed by atoms with Crippen LogP contribution in [0.25, 0.3) is 21.0 Å². The van der Waals surface area contributed by atoms with Crippen molar-refractivity contribution in [3.05, 3.63) is 76.0 Å². The van der Waals surface area contributed by atoms with Crippen molar-refractivity contribution in [3.8, 4) is 0 Å². The van der Waals surface area contributed by atoms with Crippen LogP contribution in [0.5, 0.6) is 0 Å². The number of aromatic nitrogens is 3. The summed E-state index contributed by atoms with van der Waals surface area (Å²) in [6.07, 6.45) is 3.11. The van der Waals surface area contributed by atoms with Crippen LogP contribution in [0.4, 0.5) is 23.0 Å². The van der Waals surface area contributed by atoms with Gasteiger partial charge in [-0.25, -0.2) is 15.0 Å². The number of morpholine rings is 1. The number of pyridine rings is 1. The van der Waals surface area contributed by atoms with E-state index in [2.05, 4.69) is 36.6 Å². The number of nitrogens with zero attached hydrogens (tertiary/aromatic N) is 4. The second-order valence-electron chi connectivity index (χ2n) is 9.37. The first-order chi connectivity index (χ1) is 19.0. The van der Waals surface area contributed by atoms with Gasteiger partial charge in [-0.05, 0) is 42.3 Å². The lowest BCUT2D eigenvalue weighted by Crippen LogP contribution is -2.35. The average molecular weight is 560 g/mol. The molecule has 1 saturated heterocycles. The molecule has 39 heavy (non-hydrogen) atoms. The van der Waals surface area contributed by atoms with E-state index in [1.165, 1.54) is 17.7 Å². The third kappa shape index (κ3) is 5.11. The molecule has 1 aliphatic heterocycles. The number of rotatable bonds is 6. The number of nitrogens with two attached hydrogens (primary N) is 1. The molecular formula is C28H26ClN7O2S. The van der Waals surface area contributed by atoms with Crippen molar-refractivity contribution in [1.29, 1.82) is 0 Å². The standard InChI is InChI=1S/C28H26ClN7O2S/c1-16-2-4-20-19(23(16)35-28(37)21-14-39-25-24(21)32-15-33-26(25)30)6-7-31-27(20)34-18-3-5-22(29)17(12-18)13-36-8-10-38-11-9-36/h2-7,12,14-15H,8-11,13H2,1H3,(H,31,34)(H,35,37)(H2,30,32,33). The molecule has 1 amide bonds. The van der Waals surface area contributed by atoms with Gasteiger partial charge in [0.1, 0.15) is 18.0 Å². The van der Waals surface area contributed by atoms with E-state index in [1.54, 1.807) is 11.6 Å². The number of nitrogen functional groups attached to an aromatic ring is 1. The van der Waals surface area contributed by atoms with E-state index in [9.17, 15) is 4.79 Å². The molecule has 198 valence electrons. The van der Waals surface area contributed by atoms with Crippen molar-refractivity contribution >= 4 is 72.8 Å². The summed E-state index contributed by atoms with van der Waals surface area (Å²) in [5.74, 6) is 0.790. The van der Waals surface area contributed by atoms with Crippen LogP contribution in [0.3, 0.4) is 0 Å². The van der Waals surface area contributed by atoms with Crippen LogP contribution in [0, 0.1) is 6.92 Å². The molecule has 3 aromatic heterocycles. The number of hydrogen-bond acceptors (Lipinski definition) is 9. The Morgan fingerprint density at radius 2 is 1.97 bits per heavy atom. The van der Waals surface area contributed by atoms with Gasteiger partial charge in [0.05, 0.1) is 34.7 Å². The Bertz CT molecular complexity index is 1700. The Balaban J connectivity index is 1.30. The maximum Gasteiger partial charge on any atom is 0.258 e. The van der Waals surface area contributed by atoms with Crippen molar-refractivity contribution in [1.82, 2.24) is 19.9 Å². The fraction of sp³-hybridized carbons (Fsp3) is 0.214. The highest BCUT2D eigenvalue weighted by molar-refractivity contribution is 7.18. The normalized spacial score (nSPS) is 14.1. The zero-order valence-electron chi connectivity index (χ0n) is 21.2. The molecule has 0 spiro atoms. The highest BCUT2D eigenvalue weighted by Crippen LogP contribution is 2.34. The molecule has 0 saturated carbocycles. The number of fused-ring (bicyclic) bond motifs is 2. The summed E-state index contributed by atoms with van der Waals surface area (Å²) >= 11 is 7.89. The molecule has 4 N–H and O–H groups in total. The van der Waals surface area contributed by atoms with Crippen molar-refractivity contribution in [2.75, 3.05) is 42.7 Å². The molecule has 1 aliphatic rings. The third-order valence-corrected chi connectivity index (χ3v) is 8.18. The van der Waals surface area contributed by atoms with Gasteiger partial charge in [-0.3, -0.25) is 9.69 Å². The fourth-order valence-electron chi connectivity index (χ4n) is 4.75. The number of thiophene rings is 1. The lowest BCUT2D eigenvalue weighted by atomic mass is 10.0. The van der Waals surface area contributed by atoms with Crippen LogP contribution in [-0.4, -0.2) is 52.1 Å². The van der Waals surface area contributed by atoms with Gasteiger partial charge in [-0.2, -0.15) is 0 Å². The molecule has 4 heterocycles. The topological polar surface area (TPSA) is 118 Å². The lowest BCUT2D eigenvalue weighted by molar-refractivity contribution is 0.0342. The fourth-order valence-corrected chi connectivity index (χ4v) is 5.83. The van der Waals surface area contributed by atoms with Crippen LogP contribution >= 0.6 is 22.9 Å². The minimum atomic E-state index is -0.258. The van der Waals surface area contributed by atoms with Crippen molar-refractivity contribution in [2.45, 2.75) is 13.5 Å². The molecule has 11 heteroatoms. The van der Waals surface area contributed by atoms with E-state index in [-0.39, 0.29) is 5.91 Å². The van der Waals surface area contributed by atoms with E-state index in [1.807, 2.05) is 37.3 Å². The number of carbonyl (C=O) groups is 1. The molecule has 0 aliphatic carbocycles. The van der Waals surface area contributed by atoms with Crippen LogP contribution in [0.15, 0.2) is 54.3 Å². The van der Waals surface area contributed by atoms with Crippen molar-refractivity contribution in [3.63, 3.8) is 0 Å². The number of nitrogens with one attached hydrogen (secondary N) is 2. The number of amides is 1. The third-order valence-electron chi connectivity index (χ3n) is 6.82. The number of ether oxygens (including phenoxy) is 1. The number of benzene rings is 2. The molecule has 6 rings (SSSR count). The number of anilines is 4. The van der Waals surface area contributed by atoms with Crippen LogP contribution < -0.4 is 16.4 Å². The van der Waals surface area contributed by atoms with Gasteiger partial charge in [0.15, 0.2) is 0 Å². The Hall–Kier alpha value is -3.83. The number of hydrogen-bond donors (Lipinski definition) is 3. The number of aryl methyl sites for hydroxylation is 1. The monoisotopic (exact) mass is 559 g/mol. The second kappa shape index (κ2) is 10.7. The maximum absolute atomic E-state index is 13.3. The Labute approximate surface area is 234 Å². The molecule has 5 aromatic rings. The van der Waals surface area contributed by atoms with Gasteiger partial charge < -0.3 is 21.1 Å². The largest absolute Gasteiger partial charge is 0.382 e.